The third-order valence-corrected chi connectivity index (χ3v) is 2.39. The van der Waals surface area contributed by atoms with Gasteiger partial charge in [0.25, 0.3) is 0 Å². The normalized spacial score (nSPS) is 13.4. The highest BCUT2D eigenvalue weighted by atomic mass is 19.4. The Morgan fingerprint density at radius 2 is 1.83 bits per heavy atom. The molecule has 0 aromatic heterocycles. The monoisotopic (exact) mass is 263 g/mol. The molecule has 0 fully saturated rings. The van der Waals surface area contributed by atoms with Crippen LogP contribution in [0.4, 0.5) is 13.2 Å². The van der Waals surface area contributed by atoms with E-state index in [1.54, 1.807) is 12.1 Å². The Morgan fingerprint density at radius 3 is 2.33 bits per heavy atom. The number of nitrogens with one attached hydrogen (secondary N) is 1. The van der Waals surface area contributed by atoms with E-state index in [4.69, 9.17) is 4.74 Å². The third-order valence-electron chi connectivity index (χ3n) is 2.39. The average Bonchev–Trinajstić information content (AvgIpc) is 2.33. The molecule has 0 radical (unpaired) electrons. The van der Waals surface area contributed by atoms with Crippen molar-refractivity contribution in [2.24, 2.45) is 0 Å². The molecule has 0 aliphatic rings. The molecule has 0 saturated carbocycles. The summed E-state index contributed by atoms with van der Waals surface area (Å²) in [5.41, 5.74) is 1.07. The number of alkyl halides is 3. The van der Waals surface area contributed by atoms with Crippen LogP contribution >= 0.6 is 0 Å². The van der Waals surface area contributed by atoms with Gasteiger partial charge in [0.1, 0.15) is 12.4 Å². The van der Waals surface area contributed by atoms with Crippen LogP contribution in [0.15, 0.2) is 24.3 Å². The second kappa shape index (κ2) is 6.61. The summed E-state index contributed by atoms with van der Waals surface area (Å²) in [6, 6.07) is 7.29. The summed E-state index contributed by atoms with van der Waals surface area (Å²) in [6.07, 6.45) is -4.32. The molecule has 1 aromatic carbocycles. The van der Waals surface area contributed by atoms with Crippen LogP contribution in [0.3, 0.4) is 0 Å². The van der Waals surface area contributed by atoms with E-state index in [0.29, 0.717) is 5.75 Å². The van der Waals surface area contributed by atoms with Gasteiger partial charge < -0.3 is 14.8 Å². The van der Waals surface area contributed by atoms with E-state index in [2.05, 4.69) is 10.1 Å². The van der Waals surface area contributed by atoms with Gasteiger partial charge in [-0.05, 0) is 31.7 Å². The molecule has 18 heavy (non-hydrogen) atoms. The highest BCUT2D eigenvalue weighted by Gasteiger charge is 2.27. The minimum atomic E-state index is -4.32. The van der Waals surface area contributed by atoms with Crippen molar-refractivity contribution in [3.63, 3.8) is 0 Å². The molecule has 3 nitrogen and oxygen atoms in total. The molecule has 102 valence electrons. The Hall–Kier alpha value is -1.27. The summed E-state index contributed by atoms with van der Waals surface area (Å²) in [6.45, 7) is 0.282. The van der Waals surface area contributed by atoms with Crippen molar-refractivity contribution >= 4 is 0 Å². The molecule has 6 heteroatoms. The molecule has 0 heterocycles. The number of ether oxygens (including phenoxy) is 2. The minimum absolute atomic E-state index is 0.209. The van der Waals surface area contributed by atoms with Gasteiger partial charge in [0, 0.05) is 6.04 Å². The number of hydrogen-bond acceptors (Lipinski definition) is 3. The first-order valence-electron chi connectivity index (χ1n) is 5.47. The van der Waals surface area contributed by atoms with Crippen molar-refractivity contribution in [1.29, 1.82) is 0 Å². The van der Waals surface area contributed by atoms with Gasteiger partial charge in [-0.15, -0.1) is 0 Å². The van der Waals surface area contributed by atoms with Crippen LogP contribution in [0.1, 0.15) is 18.5 Å². The molecule has 1 rings (SSSR count). The van der Waals surface area contributed by atoms with E-state index >= 15 is 0 Å². The molecule has 1 N–H and O–H groups in total. The van der Waals surface area contributed by atoms with Gasteiger partial charge in [-0.3, -0.25) is 0 Å². The zero-order valence-electron chi connectivity index (χ0n) is 10.3. The van der Waals surface area contributed by atoms with Crippen molar-refractivity contribution in [2.75, 3.05) is 20.4 Å². The second-order valence-corrected chi connectivity index (χ2v) is 3.81. The molecule has 0 bridgehead atoms. The lowest BCUT2D eigenvalue weighted by Crippen LogP contribution is -2.19. The van der Waals surface area contributed by atoms with Crippen LogP contribution in [-0.2, 0) is 4.74 Å². The predicted molar refractivity (Wildman–Crippen MR) is 61.4 cm³/mol. The summed E-state index contributed by atoms with van der Waals surface area (Å²) in [7, 11) is 1.85. The van der Waals surface area contributed by atoms with Crippen LogP contribution < -0.4 is 10.1 Å². The fourth-order valence-corrected chi connectivity index (χ4v) is 1.29. The molecule has 0 spiro atoms. The second-order valence-electron chi connectivity index (χ2n) is 3.81. The highest BCUT2D eigenvalue weighted by Crippen LogP contribution is 2.18. The summed E-state index contributed by atoms with van der Waals surface area (Å²) in [4.78, 5) is 0. The van der Waals surface area contributed by atoms with Crippen LogP contribution in [0.25, 0.3) is 0 Å². The Morgan fingerprint density at radius 1 is 1.22 bits per heavy atom. The van der Waals surface area contributed by atoms with Crippen LogP contribution in [0.5, 0.6) is 5.75 Å². The van der Waals surface area contributed by atoms with E-state index in [1.807, 2.05) is 26.1 Å². The summed E-state index contributed by atoms with van der Waals surface area (Å²) in [5, 5.41) is 3.08. The van der Waals surface area contributed by atoms with Gasteiger partial charge in [-0.25, -0.2) is 0 Å². The number of halogens is 3. The van der Waals surface area contributed by atoms with E-state index in [-0.39, 0.29) is 6.04 Å². The molecule has 1 unspecified atom stereocenters. The molecular weight excluding hydrogens is 247 g/mol. The molecule has 0 aliphatic carbocycles. The lowest BCUT2D eigenvalue weighted by molar-refractivity contribution is -0.186. The van der Waals surface area contributed by atoms with Crippen molar-refractivity contribution in [3.8, 4) is 5.75 Å². The summed E-state index contributed by atoms with van der Waals surface area (Å²) >= 11 is 0. The quantitative estimate of drug-likeness (QED) is 0.632. The van der Waals surface area contributed by atoms with Crippen molar-refractivity contribution < 1.29 is 22.6 Å². The molecule has 1 aromatic rings. The number of rotatable bonds is 6. The summed E-state index contributed by atoms with van der Waals surface area (Å²) in [5.74, 6) is 0.476. The molecule has 0 amide bonds. The van der Waals surface area contributed by atoms with E-state index in [1.165, 1.54) is 0 Å². The highest BCUT2D eigenvalue weighted by molar-refractivity contribution is 5.28. The van der Waals surface area contributed by atoms with Crippen LogP contribution in [-0.4, -0.2) is 26.6 Å². The van der Waals surface area contributed by atoms with Crippen molar-refractivity contribution in [2.45, 2.75) is 19.1 Å². The zero-order chi connectivity index (χ0) is 13.6. The number of benzene rings is 1. The Kier molecular flexibility index (Phi) is 5.43. The van der Waals surface area contributed by atoms with E-state index < -0.39 is 19.6 Å². The lowest BCUT2D eigenvalue weighted by atomic mass is 10.1. The largest absolute Gasteiger partial charge is 0.468 e. The molecule has 1 atom stereocenters. The Bertz CT molecular complexity index is 351. The Balaban J connectivity index is 2.35. The number of hydrogen-bond donors (Lipinski definition) is 1. The molecule has 0 saturated heterocycles. The zero-order valence-corrected chi connectivity index (χ0v) is 10.3. The molecular formula is C12H16F3NO2. The maximum Gasteiger partial charge on any atom is 0.411 e. The maximum atomic E-state index is 11.8. The SMILES string of the molecule is CNC(C)c1ccc(OCOCC(F)(F)F)cc1. The topological polar surface area (TPSA) is 30.5 Å². The fourth-order valence-electron chi connectivity index (χ4n) is 1.29. The smallest absolute Gasteiger partial charge is 0.411 e. The lowest BCUT2D eigenvalue weighted by Gasteiger charge is -2.12. The van der Waals surface area contributed by atoms with Gasteiger partial charge in [0.05, 0.1) is 0 Å². The predicted octanol–water partition coefficient (Wildman–Crippen LogP) is 2.88. The third kappa shape index (κ3) is 5.37. The van der Waals surface area contributed by atoms with Crippen LogP contribution in [0.2, 0.25) is 0 Å². The standard InChI is InChI=1S/C12H16F3NO2/c1-9(16-2)10-3-5-11(6-4-10)18-8-17-7-12(13,14)15/h3-6,9,16H,7-8H2,1-2H3. The van der Waals surface area contributed by atoms with E-state index in [9.17, 15) is 13.2 Å². The average molecular weight is 263 g/mol. The van der Waals surface area contributed by atoms with E-state index in [0.717, 1.165) is 5.56 Å². The van der Waals surface area contributed by atoms with Gasteiger partial charge in [-0.1, -0.05) is 12.1 Å². The van der Waals surface area contributed by atoms with Gasteiger partial charge in [-0.2, -0.15) is 13.2 Å². The minimum Gasteiger partial charge on any atom is -0.468 e. The maximum absolute atomic E-state index is 11.8. The Labute approximate surface area is 104 Å². The van der Waals surface area contributed by atoms with Crippen LogP contribution in [0, 0.1) is 0 Å². The van der Waals surface area contributed by atoms with Gasteiger partial charge >= 0.3 is 6.18 Å². The first-order valence-corrected chi connectivity index (χ1v) is 5.47. The molecule has 0 aliphatic heterocycles. The fraction of sp³-hybridized carbons (Fsp3) is 0.500. The van der Waals surface area contributed by atoms with Crippen molar-refractivity contribution in [3.05, 3.63) is 29.8 Å². The first kappa shape index (κ1) is 14.8. The summed E-state index contributed by atoms with van der Waals surface area (Å²) < 4.78 is 44.7. The van der Waals surface area contributed by atoms with Crippen molar-refractivity contribution in [1.82, 2.24) is 5.32 Å². The first-order chi connectivity index (χ1) is 8.42. The van der Waals surface area contributed by atoms with Gasteiger partial charge in [0.15, 0.2) is 6.79 Å². The van der Waals surface area contributed by atoms with Gasteiger partial charge in [0.2, 0.25) is 0 Å².